The van der Waals surface area contributed by atoms with E-state index in [1.165, 1.54) is 0 Å². The first-order chi connectivity index (χ1) is 15.9. The molecule has 166 valence electrons. The molecule has 1 fully saturated rings. The molecule has 3 aromatic rings. The van der Waals surface area contributed by atoms with Crippen molar-refractivity contribution in [2.75, 3.05) is 19.6 Å². The van der Waals surface area contributed by atoms with Crippen molar-refractivity contribution in [3.05, 3.63) is 71.5 Å². The number of rotatable bonds is 4. The zero-order valence-electron chi connectivity index (χ0n) is 19.5. The fraction of sp³-hybridized carbons (Fsp3) is 0.357. The second kappa shape index (κ2) is 9.53. The van der Waals surface area contributed by atoms with Gasteiger partial charge in [-0.2, -0.15) is 10.5 Å². The van der Waals surface area contributed by atoms with Gasteiger partial charge in [0.05, 0.1) is 29.0 Å². The highest BCUT2D eigenvalue weighted by Gasteiger charge is 2.27. The third-order valence-corrected chi connectivity index (χ3v) is 6.07. The summed E-state index contributed by atoms with van der Waals surface area (Å²) < 4.78 is 0. The fourth-order valence-corrected chi connectivity index (χ4v) is 4.55. The highest BCUT2D eigenvalue weighted by Crippen LogP contribution is 2.36. The van der Waals surface area contributed by atoms with Crippen molar-refractivity contribution in [1.82, 2.24) is 14.9 Å². The minimum Gasteiger partial charge on any atom is -0.303 e. The summed E-state index contributed by atoms with van der Waals surface area (Å²) in [5.41, 5.74) is 5.47. The number of hydrogen-bond donors (Lipinski definition) is 0. The van der Waals surface area contributed by atoms with Crippen molar-refractivity contribution in [2.45, 2.75) is 39.5 Å². The number of nitrogens with zero attached hydrogens (tertiary/aromatic N) is 5. The predicted octanol–water partition coefficient (Wildman–Crippen LogP) is 5.78. The topological polar surface area (TPSA) is 76.6 Å². The summed E-state index contributed by atoms with van der Waals surface area (Å²) in [6.45, 7) is 10.1. The van der Waals surface area contributed by atoms with Crippen LogP contribution < -0.4 is 0 Å². The molecular weight excluding hydrogens is 406 g/mol. The lowest BCUT2D eigenvalue weighted by Crippen LogP contribution is -2.38. The Labute approximate surface area is 196 Å². The van der Waals surface area contributed by atoms with Gasteiger partial charge in [-0.15, -0.1) is 0 Å². The molecule has 5 nitrogen and oxygen atoms in total. The van der Waals surface area contributed by atoms with Crippen LogP contribution in [0.5, 0.6) is 0 Å². The molecule has 2 heterocycles. The fourth-order valence-electron chi connectivity index (χ4n) is 4.55. The zero-order chi connectivity index (χ0) is 23.4. The maximum Gasteiger partial charge on any atom is 0.159 e. The Morgan fingerprint density at radius 2 is 1.64 bits per heavy atom. The van der Waals surface area contributed by atoms with Gasteiger partial charge in [-0.05, 0) is 73.3 Å². The first-order valence-corrected chi connectivity index (χ1v) is 11.5. The van der Waals surface area contributed by atoms with Crippen LogP contribution in [0.1, 0.15) is 56.4 Å². The molecule has 33 heavy (non-hydrogen) atoms. The lowest BCUT2D eigenvalue weighted by molar-refractivity contribution is 0.153. The first-order valence-electron chi connectivity index (χ1n) is 11.5. The average Bonchev–Trinajstić information content (AvgIpc) is 2.83. The molecule has 0 atom stereocenters. The van der Waals surface area contributed by atoms with Gasteiger partial charge in [0.15, 0.2) is 5.82 Å². The van der Waals surface area contributed by atoms with E-state index >= 15 is 0 Å². The number of nitriles is 2. The molecule has 2 aromatic carbocycles. The molecule has 0 unspecified atom stereocenters. The van der Waals surface area contributed by atoms with E-state index in [4.69, 9.17) is 10.2 Å². The lowest BCUT2D eigenvalue weighted by atomic mass is 9.87. The van der Waals surface area contributed by atoms with E-state index in [9.17, 15) is 5.26 Å². The minimum atomic E-state index is 0.285. The van der Waals surface area contributed by atoms with Crippen LogP contribution in [0.3, 0.4) is 0 Å². The third kappa shape index (κ3) is 5.45. The van der Waals surface area contributed by atoms with Gasteiger partial charge in [-0.1, -0.05) is 32.9 Å². The van der Waals surface area contributed by atoms with Crippen molar-refractivity contribution < 1.29 is 0 Å². The van der Waals surface area contributed by atoms with Gasteiger partial charge < -0.3 is 4.90 Å². The van der Waals surface area contributed by atoms with Crippen LogP contribution in [0.2, 0.25) is 0 Å². The number of aromatic nitrogens is 2. The molecule has 1 saturated heterocycles. The molecule has 5 heteroatoms. The summed E-state index contributed by atoms with van der Waals surface area (Å²) in [4.78, 5) is 12.3. The quantitative estimate of drug-likeness (QED) is 0.519. The number of likely N-dealkylation sites (tertiary alicyclic amines) is 1. The molecule has 0 spiro atoms. The maximum absolute atomic E-state index is 9.37. The number of hydrogen-bond acceptors (Lipinski definition) is 5. The van der Waals surface area contributed by atoms with Gasteiger partial charge in [-0.25, -0.2) is 9.97 Å². The van der Waals surface area contributed by atoms with E-state index in [2.05, 4.69) is 42.8 Å². The van der Waals surface area contributed by atoms with Crippen LogP contribution in [-0.2, 0) is 0 Å². The van der Waals surface area contributed by atoms with E-state index in [1.54, 1.807) is 12.1 Å². The van der Waals surface area contributed by atoms with E-state index in [0.717, 1.165) is 54.9 Å². The molecule has 0 bridgehead atoms. The summed E-state index contributed by atoms with van der Waals surface area (Å²) in [5, 5.41) is 18.5. The van der Waals surface area contributed by atoms with E-state index < -0.39 is 0 Å². The molecule has 1 aromatic heterocycles. The highest BCUT2D eigenvalue weighted by molar-refractivity contribution is 5.69. The van der Waals surface area contributed by atoms with Gasteiger partial charge >= 0.3 is 0 Å². The molecule has 4 rings (SSSR count). The summed E-state index contributed by atoms with van der Waals surface area (Å²) >= 11 is 0. The Morgan fingerprint density at radius 3 is 2.27 bits per heavy atom. The molecule has 1 aliphatic rings. The van der Waals surface area contributed by atoms with Crippen molar-refractivity contribution in [3.8, 4) is 34.7 Å². The standard InChI is InChI=1S/C28H29N5/c1-28(2,3)19-33-13-11-22(12-14-33)26-25(24-6-4-5-21(15-24)17-30)18-31-27(32-26)23-9-7-20(16-29)8-10-23/h4-10,15,18,22H,11-14,19H2,1-3H3. The van der Waals surface area contributed by atoms with E-state index in [1.807, 2.05) is 42.6 Å². The predicted molar refractivity (Wildman–Crippen MR) is 130 cm³/mol. The van der Waals surface area contributed by atoms with Crippen LogP contribution >= 0.6 is 0 Å². The van der Waals surface area contributed by atoms with E-state index in [0.29, 0.717) is 22.9 Å². The van der Waals surface area contributed by atoms with Crippen molar-refractivity contribution in [2.24, 2.45) is 5.41 Å². The second-order valence-corrected chi connectivity index (χ2v) is 9.99. The van der Waals surface area contributed by atoms with Crippen LogP contribution in [-0.4, -0.2) is 34.5 Å². The molecule has 0 amide bonds. The maximum atomic E-state index is 9.37. The SMILES string of the molecule is CC(C)(C)CN1CCC(c2nc(-c3ccc(C#N)cc3)ncc2-c2cccc(C#N)c2)CC1. The smallest absolute Gasteiger partial charge is 0.159 e. The third-order valence-electron chi connectivity index (χ3n) is 6.07. The zero-order valence-corrected chi connectivity index (χ0v) is 19.5. The Bertz CT molecular complexity index is 1200. The molecule has 0 saturated carbocycles. The molecule has 0 N–H and O–H groups in total. The highest BCUT2D eigenvalue weighted by atomic mass is 15.1. The first kappa shape index (κ1) is 22.6. The van der Waals surface area contributed by atoms with Crippen LogP contribution in [0, 0.1) is 28.1 Å². The largest absolute Gasteiger partial charge is 0.303 e. The molecule has 0 aliphatic carbocycles. The lowest BCUT2D eigenvalue weighted by Gasteiger charge is -2.36. The Hall–Kier alpha value is -3.54. The minimum absolute atomic E-state index is 0.285. The molecular formula is C28H29N5. The summed E-state index contributed by atoms with van der Waals surface area (Å²) in [7, 11) is 0. The Morgan fingerprint density at radius 1 is 0.939 bits per heavy atom. The van der Waals surface area contributed by atoms with Gasteiger partial charge in [-0.3, -0.25) is 0 Å². The van der Waals surface area contributed by atoms with Crippen molar-refractivity contribution >= 4 is 0 Å². The van der Waals surface area contributed by atoms with Crippen molar-refractivity contribution in [1.29, 1.82) is 10.5 Å². The Kier molecular flexibility index (Phi) is 6.54. The van der Waals surface area contributed by atoms with Crippen LogP contribution in [0.4, 0.5) is 0 Å². The number of piperidine rings is 1. The Balaban J connectivity index is 1.70. The second-order valence-electron chi connectivity index (χ2n) is 9.99. The van der Waals surface area contributed by atoms with Gasteiger partial charge in [0, 0.05) is 29.8 Å². The van der Waals surface area contributed by atoms with Gasteiger partial charge in [0.2, 0.25) is 0 Å². The van der Waals surface area contributed by atoms with Gasteiger partial charge in [0.25, 0.3) is 0 Å². The van der Waals surface area contributed by atoms with Crippen molar-refractivity contribution in [3.63, 3.8) is 0 Å². The molecule has 0 radical (unpaired) electrons. The summed E-state index contributed by atoms with van der Waals surface area (Å²) in [6.07, 6.45) is 3.99. The summed E-state index contributed by atoms with van der Waals surface area (Å²) in [5.74, 6) is 1.01. The summed E-state index contributed by atoms with van der Waals surface area (Å²) in [6, 6.07) is 19.5. The monoisotopic (exact) mass is 435 g/mol. The van der Waals surface area contributed by atoms with Gasteiger partial charge in [0.1, 0.15) is 0 Å². The van der Waals surface area contributed by atoms with E-state index in [-0.39, 0.29) is 5.41 Å². The number of benzene rings is 2. The normalized spacial score (nSPS) is 15.1. The molecule has 1 aliphatic heterocycles. The van der Waals surface area contributed by atoms with Crippen LogP contribution in [0.25, 0.3) is 22.5 Å². The average molecular weight is 436 g/mol. The van der Waals surface area contributed by atoms with Crippen LogP contribution in [0.15, 0.2) is 54.7 Å².